The third kappa shape index (κ3) is 8.39. The van der Waals surface area contributed by atoms with Crippen LogP contribution in [0.5, 0.6) is 0 Å². The number of piperidine rings is 2. The highest BCUT2D eigenvalue weighted by Gasteiger charge is 2.37. The summed E-state index contributed by atoms with van der Waals surface area (Å²) in [5.41, 5.74) is 6.60. The van der Waals surface area contributed by atoms with E-state index < -0.39 is 23.3 Å². The number of nitrogens with zero attached hydrogens (tertiary/aromatic N) is 5. The standard InChI is InChI=1S/C36H47BrF3N7O3/c1-43-11-7-27(8-12-43)44-16-18-46(19-17-44)34(49)26(20-24-21-29(36(38,39)40)33(41)30(37)22-24)23-32(48)45-13-9-28(10-14-45)47-15-6-25-4-2-3-5-31(25)42-35(47)50/h2-5,21-22,26-28H,6-20,23,41H2,1H3,(H,42,50)/t26-/m0/s1. The summed E-state index contributed by atoms with van der Waals surface area (Å²) in [7, 11) is 2.13. The van der Waals surface area contributed by atoms with Crippen LogP contribution in [0, 0.1) is 5.92 Å². The number of rotatable bonds is 7. The molecule has 6 rings (SSSR count). The van der Waals surface area contributed by atoms with Crippen LogP contribution in [0.4, 0.5) is 29.3 Å². The third-order valence-corrected chi connectivity index (χ3v) is 11.6. The summed E-state index contributed by atoms with van der Waals surface area (Å²) >= 11 is 3.17. The number of nitrogens with two attached hydrogens (primary N) is 1. The van der Waals surface area contributed by atoms with Crippen LogP contribution in [0.1, 0.15) is 48.8 Å². The molecule has 1 atom stereocenters. The zero-order valence-corrected chi connectivity index (χ0v) is 30.1. The van der Waals surface area contributed by atoms with Crippen molar-refractivity contribution in [3.63, 3.8) is 0 Å². The minimum atomic E-state index is -4.67. The molecule has 0 saturated carbocycles. The number of anilines is 2. The van der Waals surface area contributed by atoms with Crippen molar-refractivity contribution in [3.8, 4) is 0 Å². The van der Waals surface area contributed by atoms with Gasteiger partial charge in [0.15, 0.2) is 0 Å². The maximum Gasteiger partial charge on any atom is 0.418 e. The number of likely N-dealkylation sites (tertiary alicyclic amines) is 2. The van der Waals surface area contributed by atoms with Crippen LogP contribution in [-0.2, 0) is 28.6 Å². The van der Waals surface area contributed by atoms with Crippen LogP contribution in [-0.4, -0.2) is 120 Å². The van der Waals surface area contributed by atoms with Crippen molar-refractivity contribution in [1.29, 1.82) is 0 Å². The van der Waals surface area contributed by atoms with Crippen LogP contribution in [0.25, 0.3) is 0 Å². The van der Waals surface area contributed by atoms with E-state index in [4.69, 9.17) is 5.73 Å². The fourth-order valence-corrected chi connectivity index (χ4v) is 8.50. The van der Waals surface area contributed by atoms with E-state index in [2.05, 4.69) is 38.1 Å². The molecule has 272 valence electrons. The third-order valence-electron chi connectivity index (χ3n) is 11.0. The predicted molar refractivity (Wildman–Crippen MR) is 190 cm³/mol. The lowest BCUT2D eigenvalue weighted by molar-refractivity contribution is -0.143. The summed E-state index contributed by atoms with van der Waals surface area (Å²) in [6.45, 7) is 6.03. The average Bonchev–Trinajstić information content (AvgIpc) is 3.27. The van der Waals surface area contributed by atoms with Gasteiger partial charge in [-0.15, -0.1) is 0 Å². The molecular formula is C36H47BrF3N7O3. The van der Waals surface area contributed by atoms with E-state index in [1.165, 1.54) is 6.07 Å². The Labute approximate surface area is 300 Å². The molecule has 4 heterocycles. The number of benzene rings is 2. The molecule has 0 radical (unpaired) electrons. The Morgan fingerprint density at radius 2 is 1.58 bits per heavy atom. The predicted octanol–water partition coefficient (Wildman–Crippen LogP) is 4.92. The fraction of sp³-hybridized carbons (Fsp3) is 0.583. The minimum Gasteiger partial charge on any atom is -0.397 e. The number of amides is 4. The molecule has 3 fully saturated rings. The van der Waals surface area contributed by atoms with Crippen molar-refractivity contribution < 1.29 is 27.6 Å². The lowest BCUT2D eigenvalue weighted by Gasteiger charge is -2.43. The Bertz CT molecular complexity index is 1550. The van der Waals surface area contributed by atoms with E-state index in [-0.39, 0.29) is 41.2 Å². The van der Waals surface area contributed by atoms with Crippen LogP contribution in [0.15, 0.2) is 40.9 Å². The highest BCUT2D eigenvalue weighted by Crippen LogP contribution is 2.39. The van der Waals surface area contributed by atoms with E-state index in [1.54, 1.807) is 9.80 Å². The molecule has 2 aromatic rings. The van der Waals surface area contributed by atoms with Crippen LogP contribution >= 0.6 is 15.9 Å². The number of nitrogen functional groups attached to an aromatic ring is 1. The molecule has 50 heavy (non-hydrogen) atoms. The van der Waals surface area contributed by atoms with Crippen LogP contribution < -0.4 is 11.1 Å². The normalized spacial score (nSPS) is 21.1. The van der Waals surface area contributed by atoms with Crippen molar-refractivity contribution in [2.45, 2.75) is 63.2 Å². The number of urea groups is 1. The van der Waals surface area contributed by atoms with Gasteiger partial charge in [-0.1, -0.05) is 18.2 Å². The Morgan fingerprint density at radius 1 is 0.920 bits per heavy atom. The van der Waals surface area contributed by atoms with Gasteiger partial charge >= 0.3 is 12.2 Å². The van der Waals surface area contributed by atoms with Gasteiger partial charge in [-0.05, 0) is 104 Å². The monoisotopic (exact) mass is 761 g/mol. The number of carbonyl (C=O) groups is 3. The molecule has 4 aliphatic heterocycles. The molecule has 0 bridgehead atoms. The summed E-state index contributed by atoms with van der Waals surface area (Å²) in [5.74, 6) is -1.25. The average molecular weight is 763 g/mol. The zero-order chi connectivity index (χ0) is 35.6. The van der Waals surface area contributed by atoms with Gasteiger partial charge in [-0.3, -0.25) is 14.5 Å². The summed E-state index contributed by atoms with van der Waals surface area (Å²) < 4.78 is 41.7. The number of hydrogen-bond donors (Lipinski definition) is 2. The molecule has 14 heteroatoms. The first-order valence-electron chi connectivity index (χ1n) is 17.7. The largest absolute Gasteiger partial charge is 0.418 e. The Hall–Kier alpha value is -3.36. The molecule has 0 aromatic heterocycles. The zero-order valence-electron chi connectivity index (χ0n) is 28.6. The van der Waals surface area contributed by atoms with Gasteiger partial charge in [0, 0.05) is 74.5 Å². The number of nitrogens with one attached hydrogen (secondary N) is 1. The number of carbonyl (C=O) groups excluding carboxylic acids is 3. The van der Waals surface area contributed by atoms with Crippen molar-refractivity contribution in [1.82, 2.24) is 24.5 Å². The number of fused-ring (bicyclic) bond motifs is 1. The maximum absolute atomic E-state index is 14.1. The van der Waals surface area contributed by atoms with Gasteiger partial charge < -0.3 is 30.7 Å². The highest BCUT2D eigenvalue weighted by molar-refractivity contribution is 9.10. The SMILES string of the molecule is CN1CCC(N2CCN(C(=O)[C@H](CC(=O)N3CCC(N4CCc5ccccc5NC4=O)CC3)Cc3cc(Br)c(N)c(C(F)(F)F)c3)CC2)CC1. The van der Waals surface area contributed by atoms with E-state index >= 15 is 0 Å². The van der Waals surface area contributed by atoms with Crippen LogP contribution in [0.3, 0.4) is 0 Å². The van der Waals surface area contributed by atoms with Crippen molar-refractivity contribution in [3.05, 3.63) is 57.6 Å². The first kappa shape index (κ1) is 36.4. The summed E-state index contributed by atoms with van der Waals surface area (Å²) in [4.78, 5) is 51.2. The molecule has 10 nitrogen and oxygen atoms in total. The maximum atomic E-state index is 14.1. The summed E-state index contributed by atoms with van der Waals surface area (Å²) in [6, 6.07) is 10.6. The van der Waals surface area contributed by atoms with Crippen molar-refractivity contribution in [2.24, 2.45) is 5.92 Å². The highest BCUT2D eigenvalue weighted by atomic mass is 79.9. The number of piperazine rings is 1. The molecule has 0 unspecified atom stereocenters. The summed E-state index contributed by atoms with van der Waals surface area (Å²) in [5, 5.41) is 3.02. The smallest absolute Gasteiger partial charge is 0.397 e. The number of alkyl halides is 3. The molecule has 4 aliphatic rings. The molecule has 3 saturated heterocycles. The molecular weight excluding hydrogens is 715 g/mol. The molecule has 0 spiro atoms. The second kappa shape index (κ2) is 15.5. The second-order valence-corrected chi connectivity index (χ2v) is 15.0. The van der Waals surface area contributed by atoms with Gasteiger partial charge in [-0.25, -0.2) is 4.79 Å². The van der Waals surface area contributed by atoms with E-state index in [0.717, 1.165) is 62.8 Å². The van der Waals surface area contributed by atoms with Gasteiger partial charge in [0.2, 0.25) is 11.8 Å². The van der Waals surface area contributed by atoms with Gasteiger partial charge in [0.1, 0.15) is 0 Å². The van der Waals surface area contributed by atoms with Crippen molar-refractivity contribution >= 4 is 45.2 Å². The summed E-state index contributed by atoms with van der Waals surface area (Å²) in [6.07, 6.45) is -0.682. The first-order chi connectivity index (χ1) is 23.9. The Balaban J connectivity index is 1.12. The number of halogens is 4. The lowest BCUT2D eigenvalue weighted by Crippen LogP contribution is -2.55. The first-order valence-corrected chi connectivity index (χ1v) is 18.5. The quantitative estimate of drug-likeness (QED) is 0.389. The molecule has 3 N–H and O–H groups in total. The topological polar surface area (TPSA) is 105 Å². The van der Waals surface area contributed by atoms with Gasteiger partial charge in [0.05, 0.1) is 17.2 Å². The number of para-hydroxylation sites is 1. The van der Waals surface area contributed by atoms with Gasteiger partial charge in [0.25, 0.3) is 0 Å². The minimum absolute atomic E-state index is 0.0212. The fourth-order valence-electron chi connectivity index (χ4n) is 7.99. The molecule has 0 aliphatic carbocycles. The lowest BCUT2D eigenvalue weighted by atomic mass is 9.91. The second-order valence-electron chi connectivity index (χ2n) is 14.2. The van der Waals surface area contributed by atoms with Crippen LogP contribution in [0.2, 0.25) is 0 Å². The van der Waals surface area contributed by atoms with E-state index in [9.17, 15) is 27.6 Å². The van der Waals surface area contributed by atoms with E-state index in [0.29, 0.717) is 57.2 Å². The van der Waals surface area contributed by atoms with E-state index in [1.807, 2.05) is 29.2 Å². The molecule has 4 amide bonds. The van der Waals surface area contributed by atoms with Gasteiger partial charge in [-0.2, -0.15) is 13.2 Å². The number of hydrogen-bond acceptors (Lipinski definition) is 6. The van der Waals surface area contributed by atoms with Crippen molar-refractivity contribution in [2.75, 3.05) is 77.0 Å². The Morgan fingerprint density at radius 3 is 2.26 bits per heavy atom. The molecule has 2 aromatic carbocycles. The Kier molecular flexibility index (Phi) is 11.3.